The van der Waals surface area contributed by atoms with Gasteiger partial charge in [-0.15, -0.1) is 0 Å². The van der Waals surface area contributed by atoms with Gasteiger partial charge < -0.3 is 34.6 Å². The van der Waals surface area contributed by atoms with Gasteiger partial charge in [0.1, 0.15) is 17.6 Å². The summed E-state index contributed by atoms with van der Waals surface area (Å²) in [6, 6.07) is 11.4. The van der Waals surface area contributed by atoms with Gasteiger partial charge in [-0.25, -0.2) is 0 Å². The molecule has 5 rings (SSSR count). The number of phenolic OH excluding ortho intramolecular Hbond substituents is 3. The molecule has 3 aromatic rings. The molecule has 0 aromatic heterocycles. The van der Waals surface area contributed by atoms with Crippen LogP contribution in [0.25, 0.3) is 0 Å². The van der Waals surface area contributed by atoms with Crippen LogP contribution in [0.15, 0.2) is 42.5 Å². The summed E-state index contributed by atoms with van der Waals surface area (Å²) in [5, 5.41) is 42.1. The number of ether oxygens (including phenoxy) is 3. The number of aromatic hydroxyl groups is 3. The third kappa shape index (κ3) is 3.60. The van der Waals surface area contributed by atoms with Gasteiger partial charge in [0, 0.05) is 29.6 Å². The Labute approximate surface area is 208 Å². The zero-order chi connectivity index (χ0) is 25.7. The number of carbonyl (C=O) groups is 1. The largest absolute Gasteiger partial charge is 0.508 e. The van der Waals surface area contributed by atoms with Crippen molar-refractivity contribution in [1.29, 1.82) is 0 Å². The summed E-state index contributed by atoms with van der Waals surface area (Å²) in [4.78, 5) is 12.3. The average Bonchev–Trinajstić information content (AvgIpc) is 2.87. The number of hydrogen-bond donors (Lipinski definition) is 4. The predicted molar refractivity (Wildman–Crippen MR) is 130 cm³/mol. The molecule has 0 radical (unpaired) electrons. The molecule has 8 nitrogen and oxygen atoms in total. The quantitative estimate of drug-likeness (QED) is 0.393. The van der Waals surface area contributed by atoms with Gasteiger partial charge in [-0.2, -0.15) is 0 Å². The van der Waals surface area contributed by atoms with Crippen molar-refractivity contribution in [2.75, 3.05) is 20.8 Å². The number of benzene rings is 3. The monoisotopic (exact) mass is 492 g/mol. The maximum Gasteiger partial charge on any atom is 0.163 e. The first-order chi connectivity index (χ1) is 17.3. The van der Waals surface area contributed by atoms with E-state index in [-0.39, 0.29) is 53.1 Å². The fourth-order valence-corrected chi connectivity index (χ4v) is 5.77. The second-order valence-electron chi connectivity index (χ2n) is 9.31. The Hall–Kier alpha value is -3.91. The summed E-state index contributed by atoms with van der Waals surface area (Å²) in [7, 11) is 2.93. The van der Waals surface area contributed by atoms with E-state index in [9.17, 15) is 25.2 Å². The summed E-state index contributed by atoms with van der Waals surface area (Å²) in [6.07, 6.45) is -0.229. The van der Waals surface area contributed by atoms with Crippen molar-refractivity contribution >= 4 is 5.78 Å². The molecule has 4 atom stereocenters. The lowest BCUT2D eigenvalue weighted by Gasteiger charge is -2.47. The summed E-state index contributed by atoms with van der Waals surface area (Å²) >= 11 is 0. The third-order valence-electron chi connectivity index (χ3n) is 7.47. The molecule has 0 fully saturated rings. The number of carbonyl (C=O) groups excluding carboxylic acids is 1. The van der Waals surface area contributed by atoms with Crippen molar-refractivity contribution in [2.45, 2.75) is 25.4 Å². The van der Waals surface area contributed by atoms with Crippen LogP contribution in [0.2, 0.25) is 0 Å². The predicted octanol–water partition coefficient (Wildman–Crippen LogP) is 4.07. The first-order valence-electron chi connectivity index (χ1n) is 11.7. The molecule has 188 valence electrons. The molecule has 2 aliphatic rings. The second kappa shape index (κ2) is 8.95. The number of aliphatic hydroxyl groups is 1. The summed E-state index contributed by atoms with van der Waals surface area (Å²) in [6.45, 7) is 1.25. The lowest BCUT2D eigenvalue weighted by Crippen LogP contribution is -2.41. The number of methoxy groups -OCH3 is 2. The molecular weight excluding hydrogens is 464 g/mol. The fourth-order valence-electron chi connectivity index (χ4n) is 5.77. The van der Waals surface area contributed by atoms with Gasteiger partial charge in [-0.05, 0) is 66.8 Å². The van der Waals surface area contributed by atoms with Crippen molar-refractivity contribution in [1.82, 2.24) is 0 Å². The van der Waals surface area contributed by atoms with Crippen LogP contribution in [-0.4, -0.2) is 47.0 Å². The molecule has 0 spiro atoms. The Morgan fingerprint density at radius 2 is 1.64 bits per heavy atom. The van der Waals surface area contributed by atoms with Crippen LogP contribution in [-0.2, 0) is 6.42 Å². The van der Waals surface area contributed by atoms with Crippen LogP contribution in [0.5, 0.6) is 34.5 Å². The van der Waals surface area contributed by atoms with Crippen LogP contribution in [0.4, 0.5) is 0 Å². The minimum Gasteiger partial charge on any atom is -0.508 e. The molecule has 1 aliphatic heterocycles. The van der Waals surface area contributed by atoms with Gasteiger partial charge in [-0.1, -0.05) is 6.07 Å². The number of aliphatic hydroxyl groups excluding tert-OH is 1. The molecule has 1 heterocycles. The zero-order valence-electron chi connectivity index (χ0n) is 20.2. The van der Waals surface area contributed by atoms with E-state index in [1.807, 2.05) is 0 Å². The Morgan fingerprint density at radius 1 is 0.944 bits per heavy atom. The first-order valence-corrected chi connectivity index (χ1v) is 11.7. The van der Waals surface area contributed by atoms with E-state index in [2.05, 4.69) is 0 Å². The Bertz CT molecular complexity index is 1350. The minimum absolute atomic E-state index is 0.00407. The SMILES string of the molecule is COc1cc([C@@H]2c3cc(OC)c(O)cc3[C@H]3Oc4c(C(C)=O)ccc(O)c4C[C@H]3[C@@H]2CO)ccc1O. The third-order valence-corrected chi connectivity index (χ3v) is 7.47. The number of fused-ring (bicyclic) bond motifs is 4. The molecule has 0 saturated heterocycles. The van der Waals surface area contributed by atoms with Crippen LogP contribution in [0, 0.1) is 11.8 Å². The standard InChI is InChI=1S/C28H28O8/c1-13(30)15-5-7-21(31)19-9-17-20(12-29)26(14-4-6-22(32)24(8-14)34-2)16-11-25(35-3)23(33)10-18(16)28(17)36-27(15)19/h4-8,10-11,17,20,26,28-29,31-33H,9,12H2,1-3H3/t17-,20-,26+,28-/m0/s1. The fraction of sp³-hybridized carbons (Fsp3) is 0.321. The van der Waals surface area contributed by atoms with Crippen molar-refractivity contribution < 1.29 is 39.4 Å². The smallest absolute Gasteiger partial charge is 0.163 e. The molecule has 0 saturated carbocycles. The van der Waals surface area contributed by atoms with E-state index in [1.165, 1.54) is 27.2 Å². The normalized spacial score (nSPS) is 22.0. The molecule has 1 aliphatic carbocycles. The van der Waals surface area contributed by atoms with E-state index < -0.39 is 6.10 Å². The molecule has 0 amide bonds. The number of Topliss-reactive ketones (excluding diaryl/α,β-unsaturated/α-hetero) is 1. The Balaban J connectivity index is 1.75. The maximum absolute atomic E-state index is 12.3. The van der Waals surface area contributed by atoms with Crippen LogP contribution >= 0.6 is 0 Å². The van der Waals surface area contributed by atoms with Gasteiger partial charge in [0.15, 0.2) is 28.8 Å². The Morgan fingerprint density at radius 3 is 2.31 bits per heavy atom. The van der Waals surface area contributed by atoms with Crippen LogP contribution < -0.4 is 14.2 Å². The molecule has 4 N–H and O–H groups in total. The van der Waals surface area contributed by atoms with Crippen molar-refractivity contribution in [2.24, 2.45) is 11.8 Å². The van der Waals surface area contributed by atoms with Crippen LogP contribution in [0.1, 0.15) is 51.6 Å². The molecule has 36 heavy (non-hydrogen) atoms. The number of ketones is 1. The minimum atomic E-state index is -0.586. The number of rotatable bonds is 5. The van der Waals surface area contributed by atoms with Gasteiger partial charge in [0.05, 0.1) is 19.8 Å². The number of hydrogen-bond acceptors (Lipinski definition) is 8. The molecule has 0 bridgehead atoms. The first kappa shape index (κ1) is 23.8. The van der Waals surface area contributed by atoms with Crippen molar-refractivity contribution in [3.8, 4) is 34.5 Å². The summed E-state index contributed by atoms with van der Waals surface area (Å²) in [5.41, 5.74) is 3.16. The van der Waals surface area contributed by atoms with E-state index >= 15 is 0 Å². The second-order valence-corrected chi connectivity index (χ2v) is 9.31. The summed E-state index contributed by atoms with van der Waals surface area (Å²) < 4.78 is 17.2. The van der Waals surface area contributed by atoms with Crippen molar-refractivity contribution in [3.63, 3.8) is 0 Å². The van der Waals surface area contributed by atoms with Gasteiger partial charge >= 0.3 is 0 Å². The van der Waals surface area contributed by atoms with Crippen LogP contribution in [0.3, 0.4) is 0 Å². The molecule has 8 heteroatoms. The average molecular weight is 493 g/mol. The Kier molecular flexibility index (Phi) is 5.92. The lowest BCUT2D eigenvalue weighted by molar-refractivity contribution is 0.0279. The van der Waals surface area contributed by atoms with Gasteiger partial charge in [0.25, 0.3) is 0 Å². The topological polar surface area (TPSA) is 126 Å². The maximum atomic E-state index is 12.3. The van der Waals surface area contributed by atoms with E-state index in [4.69, 9.17) is 14.2 Å². The van der Waals surface area contributed by atoms with Crippen molar-refractivity contribution in [3.05, 3.63) is 70.3 Å². The van der Waals surface area contributed by atoms with E-state index in [1.54, 1.807) is 36.4 Å². The molecular formula is C28H28O8. The highest BCUT2D eigenvalue weighted by atomic mass is 16.5. The van der Waals surface area contributed by atoms with Gasteiger partial charge in [-0.3, -0.25) is 4.79 Å². The highest BCUT2D eigenvalue weighted by Crippen LogP contribution is 2.57. The highest BCUT2D eigenvalue weighted by molar-refractivity contribution is 5.97. The number of phenols is 3. The highest BCUT2D eigenvalue weighted by Gasteiger charge is 2.48. The summed E-state index contributed by atoms with van der Waals surface area (Å²) in [5.74, 6) is -0.342. The van der Waals surface area contributed by atoms with E-state index in [0.717, 1.165) is 11.1 Å². The molecule has 3 aromatic carbocycles. The molecule has 0 unspecified atom stereocenters. The van der Waals surface area contributed by atoms with Gasteiger partial charge in [0.2, 0.25) is 0 Å². The van der Waals surface area contributed by atoms with E-state index in [0.29, 0.717) is 34.6 Å². The zero-order valence-corrected chi connectivity index (χ0v) is 20.2. The lowest BCUT2D eigenvalue weighted by atomic mass is 9.63.